The third kappa shape index (κ3) is 3.21. The summed E-state index contributed by atoms with van der Waals surface area (Å²) in [5, 5.41) is 0. The number of rotatable bonds is 3. The van der Waals surface area contributed by atoms with E-state index in [2.05, 4.69) is 0 Å². The lowest BCUT2D eigenvalue weighted by molar-refractivity contribution is -0.122. The number of hydrogen-bond donors (Lipinski definition) is 1. The fraction of sp³-hybridized carbons (Fsp3) is 0.875. The van der Waals surface area contributed by atoms with Crippen molar-refractivity contribution in [1.29, 1.82) is 0 Å². The molecule has 0 aromatic heterocycles. The first-order valence-corrected chi connectivity index (χ1v) is 4.07. The van der Waals surface area contributed by atoms with Crippen molar-refractivity contribution in [3.05, 3.63) is 0 Å². The molecule has 2 nitrogen and oxygen atoms in total. The van der Waals surface area contributed by atoms with Gasteiger partial charge in [0.05, 0.1) is 0 Å². The summed E-state index contributed by atoms with van der Waals surface area (Å²) in [5.41, 5.74) is 5.28. The lowest BCUT2D eigenvalue weighted by Gasteiger charge is -2.04. The molecule has 0 bridgehead atoms. The number of halogens is 1. The second kappa shape index (κ2) is 5.56. The summed E-state index contributed by atoms with van der Waals surface area (Å²) in [5.74, 6) is 0.753. The van der Waals surface area contributed by atoms with Crippen LogP contribution in [0.2, 0.25) is 0 Å². The lowest BCUT2D eigenvalue weighted by Crippen LogP contribution is -2.15. The third-order valence-corrected chi connectivity index (χ3v) is 2.20. The molecule has 0 heterocycles. The van der Waals surface area contributed by atoms with Gasteiger partial charge in [0.15, 0.2) is 0 Å². The molecule has 0 aromatic rings. The van der Waals surface area contributed by atoms with Gasteiger partial charge >= 0.3 is 0 Å². The zero-order valence-corrected chi connectivity index (χ0v) is 7.53. The van der Waals surface area contributed by atoms with Gasteiger partial charge in [-0.3, -0.25) is 4.79 Å². The number of ketones is 1. The number of hydrogen-bond acceptors (Lipinski definition) is 2. The van der Waals surface area contributed by atoms with E-state index in [1.165, 1.54) is 12.8 Å². The summed E-state index contributed by atoms with van der Waals surface area (Å²) in [6.45, 7) is 0.523. The summed E-state index contributed by atoms with van der Waals surface area (Å²) in [6.07, 6.45) is 5.28. The summed E-state index contributed by atoms with van der Waals surface area (Å²) < 4.78 is 0. The summed E-state index contributed by atoms with van der Waals surface area (Å²) in [7, 11) is 0. The average molecular weight is 178 g/mol. The van der Waals surface area contributed by atoms with Crippen LogP contribution in [0.15, 0.2) is 0 Å². The molecule has 0 aliphatic heterocycles. The fourth-order valence-corrected chi connectivity index (χ4v) is 1.59. The molecule has 1 aliphatic carbocycles. The first kappa shape index (κ1) is 10.9. The maximum Gasteiger partial charge on any atom is 0.137 e. The molecule has 1 aliphatic rings. The largest absolute Gasteiger partial charge is 0.330 e. The van der Waals surface area contributed by atoms with E-state index in [4.69, 9.17) is 5.73 Å². The third-order valence-electron chi connectivity index (χ3n) is 2.20. The SMILES string of the molecule is Cl.NCCC(=O)C1CCCC1. The highest BCUT2D eigenvalue weighted by molar-refractivity contribution is 5.85. The molecule has 2 N–H and O–H groups in total. The Morgan fingerprint density at radius 1 is 1.36 bits per heavy atom. The molecule has 1 rings (SSSR count). The molecule has 0 unspecified atom stereocenters. The van der Waals surface area contributed by atoms with Gasteiger partial charge in [-0.2, -0.15) is 0 Å². The van der Waals surface area contributed by atoms with Crippen molar-refractivity contribution in [2.75, 3.05) is 6.54 Å². The molecule has 0 amide bonds. The Labute approximate surface area is 73.9 Å². The summed E-state index contributed by atoms with van der Waals surface area (Å²) >= 11 is 0. The Kier molecular flexibility index (Phi) is 5.51. The van der Waals surface area contributed by atoms with Gasteiger partial charge in [0, 0.05) is 12.3 Å². The van der Waals surface area contributed by atoms with Crippen molar-refractivity contribution in [3.8, 4) is 0 Å². The van der Waals surface area contributed by atoms with E-state index in [1.807, 2.05) is 0 Å². The predicted molar refractivity (Wildman–Crippen MR) is 47.9 cm³/mol. The molecule has 0 aromatic carbocycles. The van der Waals surface area contributed by atoms with Gasteiger partial charge in [0.2, 0.25) is 0 Å². The molecule has 1 saturated carbocycles. The zero-order valence-electron chi connectivity index (χ0n) is 6.71. The van der Waals surface area contributed by atoms with E-state index in [-0.39, 0.29) is 12.4 Å². The van der Waals surface area contributed by atoms with Gasteiger partial charge in [0.25, 0.3) is 0 Å². The van der Waals surface area contributed by atoms with E-state index in [0.717, 1.165) is 12.8 Å². The van der Waals surface area contributed by atoms with Gasteiger partial charge in [-0.05, 0) is 19.4 Å². The van der Waals surface area contributed by atoms with Crippen LogP contribution in [0.3, 0.4) is 0 Å². The minimum atomic E-state index is 0. The van der Waals surface area contributed by atoms with Crippen LogP contribution < -0.4 is 5.73 Å². The van der Waals surface area contributed by atoms with Gasteiger partial charge in [0.1, 0.15) is 5.78 Å². The lowest BCUT2D eigenvalue weighted by atomic mass is 10.0. The number of carbonyl (C=O) groups is 1. The first-order chi connectivity index (χ1) is 4.84. The Balaban J connectivity index is 0.000001000. The van der Waals surface area contributed by atoms with Gasteiger partial charge in [-0.25, -0.2) is 0 Å². The normalized spacial score (nSPS) is 17.9. The van der Waals surface area contributed by atoms with Crippen molar-refractivity contribution in [2.45, 2.75) is 32.1 Å². The van der Waals surface area contributed by atoms with E-state index in [1.54, 1.807) is 0 Å². The quantitative estimate of drug-likeness (QED) is 0.711. The Bertz CT molecular complexity index is 121. The molecule has 3 heteroatoms. The first-order valence-electron chi connectivity index (χ1n) is 4.07. The molecular formula is C8H16ClNO. The predicted octanol–water partition coefficient (Wildman–Crippen LogP) is 1.52. The van der Waals surface area contributed by atoms with E-state index in [0.29, 0.717) is 24.7 Å². The molecule has 0 radical (unpaired) electrons. The second-order valence-corrected chi connectivity index (χ2v) is 2.99. The highest BCUT2D eigenvalue weighted by Gasteiger charge is 2.21. The van der Waals surface area contributed by atoms with Gasteiger partial charge in [-0.15, -0.1) is 12.4 Å². The van der Waals surface area contributed by atoms with Gasteiger partial charge < -0.3 is 5.73 Å². The molecule has 0 atom stereocenters. The van der Waals surface area contributed by atoms with Crippen molar-refractivity contribution in [3.63, 3.8) is 0 Å². The van der Waals surface area contributed by atoms with Crippen LogP contribution in [-0.4, -0.2) is 12.3 Å². The van der Waals surface area contributed by atoms with Crippen LogP contribution in [0.5, 0.6) is 0 Å². The van der Waals surface area contributed by atoms with E-state index in [9.17, 15) is 4.79 Å². The molecule has 0 saturated heterocycles. The standard InChI is InChI=1S/C8H15NO.ClH/c9-6-5-8(10)7-3-1-2-4-7;/h7H,1-6,9H2;1H. The molecule has 1 fully saturated rings. The number of nitrogens with two attached hydrogens (primary N) is 1. The van der Waals surface area contributed by atoms with Crippen LogP contribution in [0, 0.1) is 5.92 Å². The van der Waals surface area contributed by atoms with Crippen molar-refractivity contribution >= 4 is 18.2 Å². The minimum Gasteiger partial charge on any atom is -0.330 e. The Hall–Kier alpha value is -0.0800. The Morgan fingerprint density at radius 2 is 1.91 bits per heavy atom. The minimum absolute atomic E-state index is 0. The van der Waals surface area contributed by atoms with Crippen LogP contribution in [0.4, 0.5) is 0 Å². The van der Waals surface area contributed by atoms with Crippen molar-refractivity contribution < 1.29 is 4.79 Å². The van der Waals surface area contributed by atoms with Crippen LogP contribution in [-0.2, 0) is 4.79 Å². The number of carbonyl (C=O) groups excluding carboxylic acids is 1. The molecule has 11 heavy (non-hydrogen) atoms. The molecule has 66 valence electrons. The van der Waals surface area contributed by atoms with Crippen LogP contribution in [0.1, 0.15) is 32.1 Å². The highest BCUT2D eigenvalue weighted by Crippen LogP contribution is 2.25. The monoisotopic (exact) mass is 177 g/mol. The fourth-order valence-electron chi connectivity index (χ4n) is 1.59. The van der Waals surface area contributed by atoms with Crippen molar-refractivity contribution in [2.24, 2.45) is 11.7 Å². The summed E-state index contributed by atoms with van der Waals surface area (Å²) in [4.78, 5) is 11.2. The zero-order chi connectivity index (χ0) is 7.40. The highest BCUT2D eigenvalue weighted by atomic mass is 35.5. The van der Waals surface area contributed by atoms with Crippen molar-refractivity contribution in [1.82, 2.24) is 0 Å². The van der Waals surface area contributed by atoms with E-state index >= 15 is 0 Å². The topological polar surface area (TPSA) is 43.1 Å². The number of Topliss-reactive ketones (excluding diaryl/α,β-unsaturated/α-hetero) is 1. The maximum absolute atomic E-state index is 11.2. The average Bonchev–Trinajstić information content (AvgIpc) is 2.38. The van der Waals surface area contributed by atoms with Crippen LogP contribution >= 0.6 is 12.4 Å². The smallest absolute Gasteiger partial charge is 0.137 e. The van der Waals surface area contributed by atoms with Gasteiger partial charge in [-0.1, -0.05) is 12.8 Å². The summed E-state index contributed by atoms with van der Waals surface area (Å²) in [6, 6.07) is 0. The second-order valence-electron chi connectivity index (χ2n) is 2.99. The van der Waals surface area contributed by atoms with Crippen LogP contribution in [0.25, 0.3) is 0 Å². The maximum atomic E-state index is 11.2. The molecular weight excluding hydrogens is 162 g/mol. The van der Waals surface area contributed by atoms with E-state index < -0.39 is 0 Å². The Morgan fingerprint density at radius 3 is 2.36 bits per heavy atom. The molecule has 0 spiro atoms.